The van der Waals surface area contributed by atoms with E-state index in [4.69, 9.17) is 0 Å². The third kappa shape index (κ3) is 2.98. The number of halogens is 4. The van der Waals surface area contributed by atoms with Crippen LogP contribution in [0.1, 0.15) is 23.1 Å². The Balaban J connectivity index is 2.35. The highest BCUT2D eigenvalue weighted by Crippen LogP contribution is 2.35. The van der Waals surface area contributed by atoms with Crippen molar-refractivity contribution >= 4 is 0 Å². The summed E-state index contributed by atoms with van der Waals surface area (Å²) in [7, 11) is 1.67. The minimum absolute atomic E-state index is 0.0851. The molecule has 0 aliphatic heterocycles. The van der Waals surface area contributed by atoms with Crippen molar-refractivity contribution in [2.45, 2.75) is 18.7 Å². The van der Waals surface area contributed by atoms with Gasteiger partial charge in [0.2, 0.25) is 0 Å². The van der Waals surface area contributed by atoms with E-state index in [0.29, 0.717) is 11.9 Å². The molecule has 0 bridgehead atoms. The van der Waals surface area contributed by atoms with Gasteiger partial charge in [-0.1, -0.05) is 6.07 Å². The van der Waals surface area contributed by atoms with Gasteiger partial charge in [-0.2, -0.15) is 13.2 Å². The highest BCUT2D eigenvalue weighted by atomic mass is 19.4. The Labute approximate surface area is 112 Å². The maximum atomic E-state index is 13.0. The molecular formula is C13H12F4N2O. The van der Waals surface area contributed by atoms with Gasteiger partial charge in [-0.05, 0) is 17.7 Å². The van der Waals surface area contributed by atoms with Gasteiger partial charge in [-0.25, -0.2) is 9.37 Å². The smallest absolute Gasteiger partial charge is 0.388 e. The molecule has 1 N–H and O–H groups in total. The summed E-state index contributed by atoms with van der Waals surface area (Å²) in [5.41, 5.74) is -1.53. The van der Waals surface area contributed by atoms with Gasteiger partial charge in [0.25, 0.3) is 0 Å². The third-order valence-corrected chi connectivity index (χ3v) is 2.98. The molecule has 0 saturated heterocycles. The van der Waals surface area contributed by atoms with Crippen molar-refractivity contribution in [3.8, 4) is 0 Å². The first kappa shape index (κ1) is 14.5. The normalized spacial score (nSPS) is 13.5. The second-order valence-corrected chi connectivity index (χ2v) is 4.40. The summed E-state index contributed by atoms with van der Waals surface area (Å²) >= 11 is 0. The van der Waals surface area contributed by atoms with Gasteiger partial charge in [-0.3, -0.25) is 0 Å². The van der Waals surface area contributed by atoms with E-state index in [1.807, 2.05) is 0 Å². The van der Waals surface area contributed by atoms with Crippen LogP contribution >= 0.6 is 0 Å². The summed E-state index contributed by atoms with van der Waals surface area (Å²) in [4.78, 5) is 3.94. The summed E-state index contributed by atoms with van der Waals surface area (Å²) < 4.78 is 53.1. The Morgan fingerprint density at radius 1 is 1.35 bits per heavy atom. The zero-order chi connectivity index (χ0) is 14.9. The molecule has 0 saturated carbocycles. The number of rotatable bonds is 3. The fourth-order valence-electron chi connectivity index (χ4n) is 1.94. The van der Waals surface area contributed by atoms with Crippen LogP contribution in [0.15, 0.2) is 30.6 Å². The van der Waals surface area contributed by atoms with Crippen molar-refractivity contribution in [2.75, 3.05) is 0 Å². The fourth-order valence-corrected chi connectivity index (χ4v) is 1.94. The lowest BCUT2D eigenvalue weighted by atomic mass is 9.99. The number of imidazole rings is 1. The number of alkyl halides is 3. The number of nitrogens with zero attached hydrogens (tertiary/aromatic N) is 2. The lowest BCUT2D eigenvalue weighted by Gasteiger charge is -2.17. The minimum Gasteiger partial charge on any atom is -0.388 e. The zero-order valence-electron chi connectivity index (χ0n) is 10.5. The quantitative estimate of drug-likeness (QED) is 0.882. The van der Waals surface area contributed by atoms with E-state index in [1.165, 1.54) is 6.20 Å². The van der Waals surface area contributed by atoms with Gasteiger partial charge in [0, 0.05) is 25.9 Å². The number of benzene rings is 1. The van der Waals surface area contributed by atoms with Gasteiger partial charge < -0.3 is 9.67 Å². The number of aliphatic hydroxyl groups is 1. The summed E-state index contributed by atoms with van der Waals surface area (Å²) in [6.45, 7) is 0. The molecule has 2 rings (SSSR count). The van der Waals surface area contributed by atoms with Crippen LogP contribution in [-0.4, -0.2) is 14.7 Å². The predicted octanol–water partition coefficient (Wildman–Crippen LogP) is 2.85. The number of hydrogen-bond donors (Lipinski definition) is 1. The first-order valence-electron chi connectivity index (χ1n) is 5.80. The monoisotopic (exact) mass is 288 g/mol. The van der Waals surface area contributed by atoms with Gasteiger partial charge in [-0.15, -0.1) is 0 Å². The molecule has 0 aliphatic rings. The maximum absolute atomic E-state index is 13.0. The number of aryl methyl sites for hydroxylation is 1. The van der Waals surface area contributed by atoms with E-state index in [9.17, 15) is 22.7 Å². The molecule has 3 nitrogen and oxygen atoms in total. The maximum Gasteiger partial charge on any atom is 0.416 e. The molecule has 1 unspecified atom stereocenters. The van der Waals surface area contributed by atoms with Crippen LogP contribution in [0.2, 0.25) is 0 Å². The van der Waals surface area contributed by atoms with Crippen LogP contribution in [0.25, 0.3) is 0 Å². The molecule has 1 aromatic heterocycles. The molecular weight excluding hydrogens is 276 g/mol. The molecule has 1 heterocycles. The van der Waals surface area contributed by atoms with Crippen LogP contribution < -0.4 is 0 Å². The van der Waals surface area contributed by atoms with E-state index in [2.05, 4.69) is 4.98 Å². The molecule has 20 heavy (non-hydrogen) atoms. The number of aromatic nitrogens is 2. The number of hydrogen-bond acceptors (Lipinski definition) is 2. The Morgan fingerprint density at radius 3 is 2.60 bits per heavy atom. The van der Waals surface area contributed by atoms with Crippen LogP contribution in [0.4, 0.5) is 17.6 Å². The molecule has 0 aliphatic carbocycles. The van der Waals surface area contributed by atoms with Gasteiger partial charge in [0.1, 0.15) is 11.6 Å². The average molecular weight is 288 g/mol. The Hall–Kier alpha value is -1.89. The molecule has 0 spiro atoms. The van der Waals surface area contributed by atoms with E-state index in [0.717, 1.165) is 12.1 Å². The molecule has 0 fully saturated rings. The average Bonchev–Trinajstić information content (AvgIpc) is 2.73. The van der Waals surface area contributed by atoms with Gasteiger partial charge >= 0.3 is 6.18 Å². The van der Waals surface area contributed by atoms with E-state index in [1.54, 1.807) is 17.8 Å². The molecule has 108 valence electrons. The lowest BCUT2D eigenvalue weighted by molar-refractivity contribution is -0.139. The van der Waals surface area contributed by atoms with E-state index in [-0.39, 0.29) is 12.0 Å². The summed E-state index contributed by atoms with van der Waals surface area (Å²) in [5.74, 6) is -0.555. The van der Waals surface area contributed by atoms with Crippen molar-refractivity contribution in [1.82, 2.24) is 9.55 Å². The van der Waals surface area contributed by atoms with Crippen molar-refractivity contribution in [1.29, 1.82) is 0 Å². The summed E-state index contributed by atoms with van der Waals surface area (Å²) in [6, 6.07) is 2.23. The highest BCUT2D eigenvalue weighted by molar-refractivity contribution is 5.32. The third-order valence-electron chi connectivity index (χ3n) is 2.98. The van der Waals surface area contributed by atoms with Gasteiger partial charge in [0.15, 0.2) is 0 Å². The molecule has 0 amide bonds. The topological polar surface area (TPSA) is 38.0 Å². The highest BCUT2D eigenvalue weighted by Gasteiger charge is 2.35. The second-order valence-electron chi connectivity index (χ2n) is 4.40. The molecule has 1 atom stereocenters. The zero-order valence-corrected chi connectivity index (χ0v) is 10.5. The van der Waals surface area contributed by atoms with Crippen molar-refractivity contribution in [2.24, 2.45) is 7.05 Å². The predicted molar refractivity (Wildman–Crippen MR) is 63.3 cm³/mol. The van der Waals surface area contributed by atoms with Crippen LogP contribution in [0.3, 0.4) is 0 Å². The van der Waals surface area contributed by atoms with E-state index < -0.39 is 23.7 Å². The molecule has 0 radical (unpaired) electrons. The Morgan fingerprint density at radius 2 is 2.05 bits per heavy atom. The van der Waals surface area contributed by atoms with Crippen LogP contribution in [0.5, 0.6) is 0 Å². The van der Waals surface area contributed by atoms with Gasteiger partial charge in [0.05, 0.1) is 11.7 Å². The molecule has 1 aromatic carbocycles. The Kier molecular flexibility index (Phi) is 3.80. The van der Waals surface area contributed by atoms with Crippen molar-refractivity contribution in [3.05, 3.63) is 53.4 Å². The SMILES string of the molecule is Cn1ccnc1CC(O)c1ccc(F)cc1C(F)(F)F. The standard InChI is InChI=1S/C13H12F4N2O/c1-19-5-4-18-12(19)7-11(20)9-3-2-8(14)6-10(9)13(15,16)17/h2-6,11,20H,7H2,1H3. The lowest BCUT2D eigenvalue weighted by Crippen LogP contribution is -2.15. The first-order valence-corrected chi connectivity index (χ1v) is 5.80. The summed E-state index contributed by atoms with van der Waals surface area (Å²) in [6.07, 6.45) is -3.11. The minimum atomic E-state index is -4.72. The number of aliphatic hydroxyl groups excluding tert-OH is 1. The van der Waals surface area contributed by atoms with Crippen molar-refractivity contribution < 1.29 is 22.7 Å². The van der Waals surface area contributed by atoms with Crippen LogP contribution in [0, 0.1) is 5.82 Å². The fraction of sp³-hybridized carbons (Fsp3) is 0.308. The summed E-state index contributed by atoms with van der Waals surface area (Å²) in [5, 5.41) is 9.98. The first-order chi connectivity index (χ1) is 9.29. The van der Waals surface area contributed by atoms with E-state index >= 15 is 0 Å². The molecule has 2 aromatic rings. The van der Waals surface area contributed by atoms with Crippen molar-refractivity contribution in [3.63, 3.8) is 0 Å². The van der Waals surface area contributed by atoms with Crippen LogP contribution in [-0.2, 0) is 19.6 Å². The largest absolute Gasteiger partial charge is 0.416 e. The molecule has 7 heteroatoms. The second kappa shape index (κ2) is 5.24. The Bertz CT molecular complexity index is 607.